The molecule has 2 aromatic carbocycles. The number of anilines is 2. The van der Waals surface area contributed by atoms with Gasteiger partial charge in [-0.2, -0.15) is 0 Å². The van der Waals surface area contributed by atoms with Crippen LogP contribution in [0.3, 0.4) is 0 Å². The molecule has 1 N–H and O–H groups in total. The summed E-state index contributed by atoms with van der Waals surface area (Å²) in [5.41, 5.74) is 2.17. The van der Waals surface area contributed by atoms with Crippen molar-refractivity contribution in [3.05, 3.63) is 60.2 Å². The van der Waals surface area contributed by atoms with E-state index in [0.29, 0.717) is 25.1 Å². The van der Waals surface area contributed by atoms with Crippen LogP contribution < -0.4 is 10.2 Å². The van der Waals surface area contributed by atoms with E-state index in [4.69, 9.17) is 4.74 Å². The molecule has 124 valence electrons. The summed E-state index contributed by atoms with van der Waals surface area (Å²) in [6, 6.07) is 16.9. The van der Waals surface area contributed by atoms with Gasteiger partial charge in [-0.05, 0) is 24.3 Å². The predicted octanol–water partition coefficient (Wildman–Crippen LogP) is 2.94. The third kappa shape index (κ3) is 3.40. The number of hydrogen-bond acceptors (Lipinski definition) is 4. The van der Waals surface area contributed by atoms with Crippen LogP contribution in [0.2, 0.25) is 0 Å². The molecule has 0 radical (unpaired) electrons. The number of nitrogens with zero attached hydrogens (tertiary/aromatic N) is 1. The van der Waals surface area contributed by atoms with Crippen molar-refractivity contribution in [2.24, 2.45) is 5.92 Å². The Labute approximate surface area is 141 Å². The average molecular weight is 324 g/mol. The molecule has 2 aromatic rings. The molecular weight excluding hydrogens is 304 g/mol. The van der Waals surface area contributed by atoms with Crippen LogP contribution in [0.25, 0.3) is 0 Å². The van der Waals surface area contributed by atoms with Crippen molar-refractivity contribution in [3.8, 4) is 0 Å². The summed E-state index contributed by atoms with van der Waals surface area (Å²) in [7, 11) is 1.37. The lowest BCUT2D eigenvalue weighted by Gasteiger charge is -2.17. The standard InChI is InChI=1S/C19H20N2O3/c1-24-19(23)16-9-5-6-10-17(16)20-12-14-11-18(22)21(13-14)15-7-3-2-4-8-15/h2-10,14,20H,11-13H2,1H3. The van der Waals surface area contributed by atoms with Crippen LogP contribution in [0.1, 0.15) is 16.8 Å². The van der Waals surface area contributed by atoms with Gasteiger partial charge in [-0.15, -0.1) is 0 Å². The van der Waals surface area contributed by atoms with E-state index in [9.17, 15) is 9.59 Å². The number of para-hydroxylation sites is 2. The molecule has 1 aliphatic heterocycles. The SMILES string of the molecule is COC(=O)c1ccccc1NCC1CC(=O)N(c2ccccc2)C1. The zero-order valence-corrected chi connectivity index (χ0v) is 13.6. The highest BCUT2D eigenvalue weighted by Gasteiger charge is 2.30. The van der Waals surface area contributed by atoms with Crippen molar-refractivity contribution >= 4 is 23.3 Å². The molecular formula is C19H20N2O3. The van der Waals surface area contributed by atoms with E-state index >= 15 is 0 Å². The number of benzene rings is 2. The minimum Gasteiger partial charge on any atom is -0.465 e. The van der Waals surface area contributed by atoms with E-state index in [1.54, 1.807) is 12.1 Å². The lowest BCUT2D eigenvalue weighted by Crippen LogP contribution is -2.25. The molecule has 0 bridgehead atoms. The molecule has 3 rings (SSSR count). The summed E-state index contributed by atoms with van der Waals surface area (Å²) in [4.78, 5) is 25.9. The summed E-state index contributed by atoms with van der Waals surface area (Å²) in [6.45, 7) is 1.30. The first-order valence-electron chi connectivity index (χ1n) is 7.95. The number of ether oxygens (including phenoxy) is 1. The number of esters is 1. The van der Waals surface area contributed by atoms with E-state index in [1.807, 2.05) is 47.4 Å². The van der Waals surface area contributed by atoms with E-state index < -0.39 is 0 Å². The number of nitrogens with one attached hydrogen (secondary N) is 1. The van der Waals surface area contributed by atoms with Crippen LogP contribution >= 0.6 is 0 Å². The van der Waals surface area contributed by atoms with Crippen LogP contribution in [-0.4, -0.2) is 32.1 Å². The first-order chi connectivity index (χ1) is 11.7. The Morgan fingerprint density at radius 1 is 1.17 bits per heavy atom. The van der Waals surface area contributed by atoms with Crippen molar-refractivity contribution in [1.29, 1.82) is 0 Å². The first kappa shape index (κ1) is 16.1. The van der Waals surface area contributed by atoms with E-state index in [0.717, 1.165) is 11.4 Å². The summed E-state index contributed by atoms with van der Waals surface area (Å²) in [5.74, 6) is -0.0378. The van der Waals surface area contributed by atoms with Gasteiger partial charge in [-0.3, -0.25) is 4.79 Å². The number of carbonyl (C=O) groups is 2. The van der Waals surface area contributed by atoms with Gasteiger partial charge in [0.2, 0.25) is 5.91 Å². The van der Waals surface area contributed by atoms with Crippen molar-refractivity contribution in [2.75, 3.05) is 30.4 Å². The third-order valence-corrected chi connectivity index (χ3v) is 4.19. The van der Waals surface area contributed by atoms with E-state index in [-0.39, 0.29) is 17.8 Å². The van der Waals surface area contributed by atoms with Gasteiger partial charge in [0, 0.05) is 36.8 Å². The van der Waals surface area contributed by atoms with Gasteiger partial charge in [-0.1, -0.05) is 30.3 Å². The highest BCUT2D eigenvalue weighted by molar-refractivity contribution is 5.96. The minimum absolute atomic E-state index is 0.134. The smallest absolute Gasteiger partial charge is 0.339 e. The number of hydrogen-bond donors (Lipinski definition) is 1. The van der Waals surface area contributed by atoms with Crippen LogP contribution in [0.15, 0.2) is 54.6 Å². The monoisotopic (exact) mass is 324 g/mol. The first-order valence-corrected chi connectivity index (χ1v) is 7.95. The van der Waals surface area contributed by atoms with Gasteiger partial charge in [0.1, 0.15) is 0 Å². The molecule has 1 unspecified atom stereocenters. The van der Waals surface area contributed by atoms with Crippen LogP contribution in [0.4, 0.5) is 11.4 Å². The second-order valence-corrected chi connectivity index (χ2v) is 5.83. The quantitative estimate of drug-likeness (QED) is 0.859. The van der Waals surface area contributed by atoms with Gasteiger partial charge >= 0.3 is 5.97 Å². The molecule has 1 amide bonds. The molecule has 1 saturated heterocycles. The second kappa shape index (κ2) is 7.17. The van der Waals surface area contributed by atoms with Gasteiger partial charge in [0.15, 0.2) is 0 Å². The van der Waals surface area contributed by atoms with Crippen molar-refractivity contribution in [1.82, 2.24) is 0 Å². The summed E-state index contributed by atoms with van der Waals surface area (Å²) < 4.78 is 4.80. The minimum atomic E-state index is -0.369. The normalized spacial score (nSPS) is 17.0. The Balaban J connectivity index is 1.65. The Kier molecular flexibility index (Phi) is 4.79. The molecule has 5 heteroatoms. The zero-order valence-electron chi connectivity index (χ0n) is 13.6. The van der Waals surface area contributed by atoms with E-state index in [2.05, 4.69) is 5.32 Å². The molecule has 1 atom stereocenters. The fourth-order valence-corrected chi connectivity index (χ4v) is 2.96. The van der Waals surface area contributed by atoms with Crippen LogP contribution in [-0.2, 0) is 9.53 Å². The number of methoxy groups -OCH3 is 1. The Morgan fingerprint density at radius 3 is 2.62 bits per heavy atom. The summed E-state index contributed by atoms with van der Waals surface area (Å²) in [5, 5.41) is 3.28. The lowest BCUT2D eigenvalue weighted by atomic mass is 10.1. The lowest BCUT2D eigenvalue weighted by molar-refractivity contribution is -0.117. The largest absolute Gasteiger partial charge is 0.465 e. The van der Waals surface area contributed by atoms with Crippen molar-refractivity contribution in [2.45, 2.75) is 6.42 Å². The average Bonchev–Trinajstić information content (AvgIpc) is 3.01. The highest BCUT2D eigenvalue weighted by atomic mass is 16.5. The molecule has 1 aliphatic rings. The van der Waals surface area contributed by atoms with E-state index in [1.165, 1.54) is 7.11 Å². The molecule has 5 nitrogen and oxygen atoms in total. The molecule has 0 spiro atoms. The molecule has 0 aromatic heterocycles. The molecule has 0 saturated carbocycles. The Morgan fingerprint density at radius 2 is 1.88 bits per heavy atom. The van der Waals surface area contributed by atoms with Crippen LogP contribution in [0.5, 0.6) is 0 Å². The molecule has 1 fully saturated rings. The zero-order chi connectivity index (χ0) is 16.9. The predicted molar refractivity (Wildman–Crippen MR) is 93.2 cm³/mol. The van der Waals surface area contributed by atoms with Gasteiger partial charge in [0.05, 0.1) is 12.7 Å². The topological polar surface area (TPSA) is 58.6 Å². The Bertz CT molecular complexity index is 730. The fourth-order valence-electron chi connectivity index (χ4n) is 2.96. The second-order valence-electron chi connectivity index (χ2n) is 5.83. The number of rotatable bonds is 5. The number of amides is 1. The molecule has 24 heavy (non-hydrogen) atoms. The van der Waals surface area contributed by atoms with Crippen molar-refractivity contribution < 1.29 is 14.3 Å². The van der Waals surface area contributed by atoms with Crippen LogP contribution in [0, 0.1) is 5.92 Å². The highest BCUT2D eigenvalue weighted by Crippen LogP contribution is 2.25. The van der Waals surface area contributed by atoms with Gasteiger partial charge in [0.25, 0.3) is 0 Å². The summed E-state index contributed by atoms with van der Waals surface area (Å²) >= 11 is 0. The molecule has 1 heterocycles. The van der Waals surface area contributed by atoms with Gasteiger partial charge in [-0.25, -0.2) is 4.79 Å². The maximum absolute atomic E-state index is 12.2. The maximum atomic E-state index is 12.2. The summed E-state index contributed by atoms with van der Waals surface area (Å²) in [6.07, 6.45) is 0.502. The molecule has 0 aliphatic carbocycles. The number of carbonyl (C=O) groups excluding carboxylic acids is 2. The fraction of sp³-hybridized carbons (Fsp3) is 0.263. The maximum Gasteiger partial charge on any atom is 0.339 e. The third-order valence-electron chi connectivity index (χ3n) is 4.19. The Hall–Kier alpha value is -2.82. The van der Waals surface area contributed by atoms with Crippen molar-refractivity contribution in [3.63, 3.8) is 0 Å². The van der Waals surface area contributed by atoms with Gasteiger partial charge < -0.3 is 15.0 Å².